The molecule has 0 saturated heterocycles. The molecular formula is C18H27N7O. The smallest absolute Gasteiger partial charge is 0.141 e. The van der Waals surface area contributed by atoms with Crippen LogP contribution in [0.15, 0.2) is 23.0 Å². The number of allylic oxidation sites excluding steroid dienone is 1. The van der Waals surface area contributed by atoms with E-state index in [4.69, 9.17) is 16.8 Å². The highest BCUT2D eigenvalue weighted by Gasteiger charge is 2.28. The van der Waals surface area contributed by atoms with Gasteiger partial charge < -0.3 is 20.8 Å². The predicted molar refractivity (Wildman–Crippen MR) is 102 cm³/mol. The lowest BCUT2D eigenvalue weighted by atomic mass is 9.79. The van der Waals surface area contributed by atoms with Crippen LogP contribution in [-0.2, 0) is 4.79 Å². The van der Waals surface area contributed by atoms with Crippen molar-refractivity contribution < 1.29 is 4.79 Å². The second-order valence-electron chi connectivity index (χ2n) is 6.50. The largest absolute Gasteiger partial charge is 0.400 e. The van der Waals surface area contributed by atoms with E-state index in [2.05, 4.69) is 15.3 Å². The summed E-state index contributed by atoms with van der Waals surface area (Å²) in [6, 6.07) is 3.86. The number of hydrogen-bond donors (Lipinski definition) is 4. The van der Waals surface area contributed by atoms with Gasteiger partial charge in [0.05, 0.1) is 18.3 Å². The van der Waals surface area contributed by atoms with Gasteiger partial charge in [0.1, 0.15) is 18.4 Å². The number of aromatic nitrogens is 1. The third-order valence-corrected chi connectivity index (χ3v) is 4.80. The highest BCUT2D eigenvalue weighted by atomic mass is 16.1. The van der Waals surface area contributed by atoms with Crippen molar-refractivity contribution in [2.45, 2.75) is 32.1 Å². The van der Waals surface area contributed by atoms with E-state index >= 15 is 0 Å². The van der Waals surface area contributed by atoms with E-state index in [-0.39, 0.29) is 0 Å². The van der Waals surface area contributed by atoms with E-state index in [1.165, 1.54) is 5.01 Å². The number of nitriles is 1. The average Bonchev–Trinajstić information content (AvgIpc) is 3.12. The summed E-state index contributed by atoms with van der Waals surface area (Å²) in [5.41, 5.74) is 9.05. The molecule has 26 heavy (non-hydrogen) atoms. The van der Waals surface area contributed by atoms with Crippen LogP contribution in [0.5, 0.6) is 0 Å². The van der Waals surface area contributed by atoms with Crippen LogP contribution in [0.4, 0.5) is 5.82 Å². The molecular weight excluding hydrogens is 330 g/mol. The molecule has 1 saturated carbocycles. The maximum atomic E-state index is 10.6. The Kier molecular flexibility index (Phi) is 7.38. The van der Waals surface area contributed by atoms with E-state index in [0.717, 1.165) is 54.7 Å². The lowest BCUT2D eigenvalue weighted by Gasteiger charge is -2.31. The Bertz CT molecular complexity index is 693. The van der Waals surface area contributed by atoms with Gasteiger partial charge in [-0.15, -0.1) is 0 Å². The van der Waals surface area contributed by atoms with Gasteiger partial charge in [-0.3, -0.25) is 5.01 Å². The van der Waals surface area contributed by atoms with Crippen LogP contribution in [-0.4, -0.2) is 36.2 Å². The second-order valence-corrected chi connectivity index (χ2v) is 6.50. The summed E-state index contributed by atoms with van der Waals surface area (Å²) in [7, 11) is 1.74. The number of aromatic amines is 1. The molecule has 0 radical (unpaired) electrons. The Hall–Kier alpha value is -2.63. The minimum Gasteiger partial charge on any atom is -0.400 e. The van der Waals surface area contributed by atoms with Gasteiger partial charge in [0.25, 0.3) is 0 Å². The molecule has 1 aromatic heterocycles. The highest BCUT2D eigenvalue weighted by molar-refractivity contribution is 5.86. The van der Waals surface area contributed by atoms with Crippen LogP contribution in [0.2, 0.25) is 0 Å². The SMILES string of the molecule is CNCC#N.N/C(=C1/c2cc[nH]c2N=CN1N)C1CCC(CC=O)CC1. The number of aldehydes is 1. The molecule has 0 amide bonds. The first-order valence-electron chi connectivity index (χ1n) is 8.83. The Balaban J connectivity index is 0.000000431. The van der Waals surface area contributed by atoms with E-state index in [1.54, 1.807) is 13.4 Å². The zero-order valence-corrected chi connectivity index (χ0v) is 15.1. The van der Waals surface area contributed by atoms with E-state index in [0.29, 0.717) is 24.8 Å². The molecule has 0 unspecified atom stereocenters. The monoisotopic (exact) mass is 357 g/mol. The zero-order chi connectivity index (χ0) is 18.9. The summed E-state index contributed by atoms with van der Waals surface area (Å²) in [5.74, 6) is 7.65. The van der Waals surface area contributed by atoms with Gasteiger partial charge in [0.2, 0.25) is 0 Å². The van der Waals surface area contributed by atoms with Crippen LogP contribution < -0.4 is 16.9 Å². The van der Waals surface area contributed by atoms with Gasteiger partial charge >= 0.3 is 0 Å². The topological polar surface area (TPSA) is 136 Å². The van der Waals surface area contributed by atoms with Crippen molar-refractivity contribution in [3.8, 4) is 6.07 Å². The molecule has 1 aliphatic carbocycles. The molecule has 8 heteroatoms. The summed E-state index contributed by atoms with van der Waals surface area (Å²) in [5, 5.41) is 11.9. The summed E-state index contributed by atoms with van der Waals surface area (Å²) in [6.45, 7) is 0.444. The number of rotatable bonds is 4. The Morgan fingerprint density at radius 2 is 2.23 bits per heavy atom. The number of carbonyl (C=O) groups excluding carboxylic acids is 1. The fraction of sp³-hybridized carbons (Fsp3) is 0.500. The standard InChI is InChI=1S/C15H21N5O.C3H6N2/c16-13(11-3-1-10(2-4-11)6-8-21)14-12-5-7-18-15(12)19-9-20(14)17;1-5-3-2-4/h5,7-11,18H,1-4,6,16-17H2;5H,3H2,1H3/b14-13-;. The first kappa shape index (κ1) is 19.7. The quantitative estimate of drug-likeness (QED) is 0.367. The molecule has 8 nitrogen and oxygen atoms in total. The third kappa shape index (κ3) is 4.71. The van der Waals surface area contributed by atoms with Crippen molar-refractivity contribution in [1.29, 1.82) is 5.26 Å². The number of nitrogens with two attached hydrogens (primary N) is 2. The molecule has 2 aliphatic rings. The van der Waals surface area contributed by atoms with Crippen LogP contribution in [0.3, 0.4) is 0 Å². The number of aliphatic imine (C=N–C) groups is 1. The Morgan fingerprint density at radius 1 is 1.50 bits per heavy atom. The summed E-state index contributed by atoms with van der Waals surface area (Å²) < 4.78 is 0. The van der Waals surface area contributed by atoms with Gasteiger partial charge in [-0.2, -0.15) is 5.26 Å². The van der Waals surface area contributed by atoms with Crippen molar-refractivity contribution in [1.82, 2.24) is 15.3 Å². The van der Waals surface area contributed by atoms with E-state index in [9.17, 15) is 4.79 Å². The van der Waals surface area contributed by atoms with Crippen LogP contribution in [0, 0.1) is 23.2 Å². The van der Waals surface area contributed by atoms with Gasteiger partial charge in [-0.05, 0) is 44.7 Å². The molecule has 3 rings (SSSR count). The molecule has 140 valence electrons. The molecule has 0 bridgehead atoms. The molecule has 1 aromatic rings. The fourth-order valence-electron chi connectivity index (χ4n) is 3.40. The Morgan fingerprint density at radius 3 is 2.81 bits per heavy atom. The number of hydrazine groups is 1. The van der Waals surface area contributed by atoms with Crippen molar-refractivity contribution in [2.24, 2.45) is 28.4 Å². The Labute approximate surface area is 153 Å². The van der Waals surface area contributed by atoms with Crippen LogP contribution >= 0.6 is 0 Å². The van der Waals surface area contributed by atoms with Crippen molar-refractivity contribution >= 4 is 24.1 Å². The van der Waals surface area contributed by atoms with Gasteiger partial charge in [-0.1, -0.05) is 0 Å². The summed E-state index contributed by atoms with van der Waals surface area (Å²) in [6.07, 6.45) is 9.25. The maximum Gasteiger partial charge on any atom is 0.141 e. The van der Waals surface area contributed by atoms with E-state index < -0.39 is 0 Å². The van der Waals surface area contributed by atoms with E-state index in [1.807, 2.05) is 18.3 Å². The van der Waals surface area contributed by atoms with Crippen LogP contribution in [0.25, 0.3) is 5.70 Å². The zero-order valence-electron chi connectivity index (χ0n) is 15.1. The highest BCUT2D eigenvalue weighted by Crippen LogP contribution is 2.38. The molecule has 2 heterocycles. The molecule has 1 fully saturated rings. The minimum atomic E-state index is 0.322. The molecule has 6 N–H and O–H groups in total. The normalized spacial score (nSPS) is 23.3. The minimum absolute atomic E-state index is 0.322. The number of carbonyl (C=O) groups is 1. The number of fused-ring (bicyclic) bond motifs is 1. The van der Waals surface area contributed by atoms with Gasteiger partial charge in [-0.25, -0.2) is 10.8 Å². The average molecular weight is 357 g/mol. The fourth-order valence-corrected chi connectivity index (χ4v) is 3.40. The third-order valence-electron chi connectivity index (χ3n) is 4.80. The lowest BCUT2D eigenvalue weighted by molar-refractivity contribution is -0.108. The second kappa shape index (κ2) is 9.75. The summed E-state index contributed by atoms with van der Waals surface area (Å²) >= 11 is 0. The summed E-state index contributed by atoms with van der Waals surface area (Å²) in [4.78, 5) is 17.9. The van der Waals surface area contributed by atoms with Gasteiger partial charge in [0.15, 0.2) is 0 Å². The number of nitrogens with zero attached hydrogens (tertiary/aromatic N) is 3. The number of hydrogen-bond acceptors (Lipinski definition) is 7. The van der Waals surface area contributed by atoms with Gasteiger partial charge in [0, 0.05) is 29.8 Å². The molecule has 0 aromatic carbocycles. The molecule has 1 aliphatic heterocycles. The first-order chi connectivity index (χ1) is 12.6. The number of nitrogens with one attached hydrogen (secondary N) is 2. The maximum absolute atomic E-state index is 10.6. The first-order valence-corrected chi connectivity index (χ1v) is 8.83. The van der Waals surface area contributed by atoms with Crippen molar-refractivity contribution in [2.75, 3.05) is 13.6 Å². The predicted octanol–water partition coefficient (Wildman–Crippen LogP) is 1.62. The van der Waals surface area contributed by atoms with Crippen molar-refractivity contribution in [3.05, 3.63) is 23.5 Å². The van der Waals surface area contributed by atoms with Crippen LogP contribution in [0.1, 0.15) is 37.7 Å². The van der Waals surface area contributed by atoms with Crippen molar-refractivity contribution in [3.63, 3.8) is 0 Å². The molecule has 0 spiro atoms. The number of H-pyrrole nitrogens is 1. The lowest BCUT2D eigenvalue weighted by Crippen LogP contribution is -2.33. The molecule has 0 atom stereocenters.